The summed E-state index contributed by atoms with van der Waals surface area (Å²) < 4.78 is 5.49. The first-order chi connectivity index (χ1) is 6.35. The van der Waals surface area contributed by atoms with Crippen LogP contribution in [-0.2, 0) is 4.74 Å². The van der Waals surface area contributed by atoms with Gasteiger partial charge in [0.15, 0.2) is 0 Å². The van der Waals surface area contributed by atoms with Crippen LogP contribution in [-0.4, -0.2) is 37.7 Å². The topological polar surface area (TPSA) is 12.5 Å². The number of hydrogen-bond donors (Lipinski definition) is 0. The van der Waals surface area contributed by atoms with Gasteiger partial charge in [-0.05, 0) is 25.9 Å². The van der Waals surface area contributed by atoms with Gasteiger partial charge in [-0.2, -0.15) is 0 Å². The van der Waals surface area contributed by atoms with Crippen LogP contribution in [0, 0.1) is 0 Å². The van der Waals surface area contributed by atoms with Gasteiger partial charge in [0.05, 0.1) is 0 Å². The minimum atomic E-state index is 0.927. The van der Waals surface area contributed by atoms with Crippen molar-refractivity contribution in [1.82, 2.24) is 4.90 Å². The highest BCUT2D eigenvalue weighted by molar-refractivity contribution is 4.51. The van der Waals surface area contributed by atoms with Crippen molar-refractivity contribution in [1.29, 1.82) is 0 Å². The van der Waals surface area contributed by atoms with Gasteiger partial charge in [0.1, 0.15) is 0 Å². The lowest BCUT2D eigenvalue weighted by atomic mass is 10.3. The molecule has 0 N–H and O–H groups in total. The predicted octanol–water partition coefficient (Wildman–Crippen LogP) is 2.54. The lowest BCUT2D eigenvalue weighted by molar-refractivity contribution is 0.119. The molecule has 0 atom stereocenters. The number of hydrogen-bond acceptors (Lipinski definition) is 2. The fourth-order valence-electron chi connectivity index (χ4n) is 1.28. The van der Waals surface area contributed by atoms with Gasteiger partial charge < -0.3 is 9.64 Å². The molecule has 80 valence electrons. The maximum Gasteiger partial charge on any atom is 0.0478 e. The summed E-state index contributed by atoms with van der Waals surface area (Å²) in [6.07, 6.45) is 3.60. The highest BCUT2D eigenvalue weighted by atomic mass is 16.5. The first kappa shape index (κ1) is 12.9. The van der Waals surface area contributed by atoms with Crippen molar-refractivity contribution < 1.29 is 4.74 Å². The molecule has 0 unspecified atom stereocenters. The normalized spacial score (nSPS) is 11.1. The van der Waals surface area contributed by atoms with Crippen LogP contribution in [0.25, 0.3) is 0 Å². The molecule has 0 saturated carbocycles. The number of unbranched alkanes of at least 4 members (excludes halogenated alkanes) is 1. The zero-order chi connectivity index (χ0) is 9.94. The lowest BCUT2D eigenvalue weighted by Gasteiger charge is -2.17. The summed E-state index contributed by atoms with van der Waals surface area (Å²) in [5, 5.41) is 0. The van der Waals surface area contributed by atoms with E-state index in [0.717, 1.165) is 26.3 Å². The Morgan fingerprint density at radius 2 is 1.54 bits per heavy atom. The highest BCUT2D eigenvalue weighted by Crippen LogP contribution is 1.93. The van der Waals surface area contributed by atoms with Crippen molar-refractivity contribution in [3.05, 3.63) is 0 Å². The zero-order valence-corrected chi connectivity index (χ0v) is 9.51. The summed E-state index contributed by atoms with van der Waals surface area (Å²) in [5.74, 6) is 0. The molecule has 0 bridgehead atoms. The quantitative estimate of drug-likeness (QED) is 0.514. The van der Waals surface area contributed by atoms with Gasteiger partial charge in [0.25, 0.3) is 0 Å². The SMILES string of the molecule is CCCCOCCCN(CC)CC. The van der Waals surface area contributed by atoms with Crippen LogP contribution in [0.4, 0.5) is 0 Å². The van der Waals surface area contributed by atoms with E-state index in [2.05, 4.69) is 25.7 Å². The van der Waals surface area contributed by atoms with E-state index in [0.29, 0.717) is 0 Å². The third kappa shape index (κ3) is 8.26. The number of rotatable bonds is 9. The Labute approximate surface area is 83.3 Å². The second-order valence-electron chi connectivity index (χ2n) is 3.35. The highest BCUT2D eigenvalue weighted by Gasteiger charge is 1.97. The van der Waals surface area contributed by atoms with Gasteiger partial charge in [0, 0.05) is 19.8 Å². The summed E-state index contributed by atoms with van der Waals surface area (Å²) in [7, 11) is 0. The molecule has 0 spiro atoms. The number of nitrogens with zero attached hydrogens (tertiary/aromatic N) is 1. The van der Waals surface area contributed by atoms with Gasteiger partial charge in [-0.3, -0.25) is 0 Å². The summed E-state index contributed by atoms with van der Waals surface area (Å²) in [4.78, 5) is 2.43. The molecule has 0 heterocycles. The average molecular weight is 187 g/mol. The summed E-state index contributed by atoms with van der Waals surface area (Å²) in [6.45, 7) is 12.0. The van der Waals surface area contributed by atoms with Crippen LogP contribution in [0.3, 0.4) is 0 Å². The van der Waals surface area contributed by atoms with E-state index in [4.69, 9.17) is 4.74 Å². The first-order valence-electron chi connectivity index (χ1n) is 5.65. The molecule has 0 rings (SSSR count). The van der Waals surface area contributed by atoms with Crippen LogP contribution < -0.4 is 0 Å². The summed E-state index contributed by atoms with van der Waals surface area (Å²) >= 11 is 0. The van der Waals surface area contributed by atoms with E-state index in [1.54, 1.807) is 0 Å². The van der Waals surface area contributed by atoms with E-state index >= 15 is 0 Å². The van der Waals surface area contributed by atoms with Crippen molar-refractivity contribution >= 4 is 0 Å². The molecule has 0 aliphatic heterocycles. The molecule has 0 aromatic rings. The second kappa shape index (κ2) is 10.0. The zero-order valence-electron chi connectivity index (χ0n) is 9.51. The van der Waals surface area contributed by atoms with Crippen LogP contribution in [0.15, 0.2) is 0 Å². The van der Waals surface area contributed by atoms with E-state index in [1.165, 1.54) is 25.8 Å². The van der Waals surface area contributed by atoms with Gasteiger partial charge in [-0.25, -0.2) is 0 Å². The van der Waals surface area contributed by atoms with Gasteiger partial charge >= 0.3 is 0 Å². The minimum Gasteiger partial charge on any atom is -0.381 e. The number of ether oxygens (including phenoxy) is 1. The molecule has 0 aromatic carbocycles. The van der Waals surface area contributed by atoms with Crippen molar-refractivity contribution in [2.45, 2.75) is 40.0 Å². The van der Waals surface area contributed by atoms with Crippen molar-refractivity contribution in [3.8, 4) is 0 Å². The van der Waals surface area contributed by atoms with E-state index < -0.39 is 0 Å². The maximum absolute atomic E-state index is 5.49. The Morgan fingerprint density at radius 1 is 0.923 bits per heavy atom. The van der Waals surface area contributed by atoms with Gasteiger partial charge in [-0.1, -0.05) is 27.2 Å². The molecular formula is C11H25NO. The molecule has 0 saturated heterocycles. The Balaban J connectivity index is 3.05. The molecule has 2 nitrogen and oxygen atoms in total. The molecular weight excluding hydrogens is 162 g/mol. The van der Waals surface area contributed by atoms with Crippen LogP contribution in [0.1, 0.15) is 40.0 Å². The fourth-order valence-corrected chi connectivity index (χ4v) is 1.28. The Bertz CT molecular complexity index is 92.1. The lowest BCUT2D eigenvalue weighted by Crippen LogP contribution is -2.24. The van der Waals surface area contributed by atoms with Crippen LogP contribution >= 0.6 is 0 Å². The minimum absolute atomic E-state index is 0.927. The predicted molar refractivity (Wildman–Crippen MR) is 58.1 cm³/mol. The first-order valence-corrected chi connectivity index (χ1v) is 5.65. The summed E-state index contributed by atoms with van der Waals surface area (Å²) in [6, 6.07) is 0. The van der Waals surface area contributed by atoms with Gasteiger partial charge in [0.2, 0.25) is 0 Å². The van der Waals surface area contributed by atoms with Crippen molar-refractivity contribution in [2.24, 2.45) is 0 Å². The molecule has 0 amide bonds. The Kier molecular flexibility index (Phi) is 9.94. The third-order valence-corrected chi connectivity index (χ3v) is 2.30. The molecule has 2 heteroatoms. The van der Waals surface area contributed by atoms with Crippen molar-refractivity contribution in [2.75, 3.05) is 32.8 Å². The average Bonchev–Trinajstić information content (AvgIpc) is 2.17. The molecule has 0 radical (unpaired) electrons. The molecule has 0 aromatic heterocycles. The van der Waals surface area contributed by atoms with E-state index in [-0.39, 0.29) is 0 Å². The Hall–Kier alpha value is -0.0800. The van der Waals surface area contributed by atoms with Crippen LogP contribution in [0.2, 0.25) is 0 Å². The Morgan fingerprint density at radius 3 is 2.08 bits per heavy atom. The standard InChI is InChI=1S/C11H25NO/c1-4-7-10-13-11-8-9-12(5-2)6-3/h4-11H2,1-3H3. The van der Waals surface area contributed by atoms with Gasteiger partial charge in [-0.15, -0.1) is 0 Å². The smallest absolute Gasteiger partial charge is 0.0478 e. The largest absolute Gasteiger partial charge is 0.381 e. The van der Waals surface area contributed by atoms with Crippen LogP contribution in [0.5, 0.6) is 0 Å². The third-order valence-electron chi connectivity index (χ3n) is 2.30. The summed E-state index contributed by atoms with van der Waals surface area (Å²) in [5.41, 5.74) is 0. The van der Waals surface area contributed by atoms with Crippen molar-refractivity contribution in [3.63, 3.8) is 0 Å². The maximum atomic E-state index is 5.49. The van der Waals surface area contributed by atoms with E-state index in [1.807, 2.05) is 0 Å². The monoisotopic (exact) mass is 187 g/mol. The fraction of sp³-hybridized carbons (Fsp3) is 1.00. The molecule has 0 fully saturated rings. The second-order valence-corrected chi connectivity index (χ2v) is 3.35. The van der Waals surface area contributed by atoms with E-state index in [9.17, 15) is 0 Å². The molecule has 0 aliphatic carbocycles. The molecule has 0 aliphatic rings. The molecule has 13 heavy (non-hydrogen) atoms.